The first-order valence-corrected chi connectivity index (χ1v) is 12.9. The Labute approximate surface area is 229 Å². The zero-order valence-electron chi connectivity index (χ0n) is 20.5. The van der Waals surface area contributed by atoms with E-state index in [1.807, 2.05) is 72.9 Å². The maximum atomic E-state index is 13.0. The molecule has 0 atom stereocenters. The third-order valence-corrected chi connectivity index (χ3v) is 6.64. The molecule has 5 aromatic rings. The van der Waals surface area contributed by atoms with Crippen LogP contribution in [-0.4, -0.2) is 10.5 Å². The maximum Gasteiger partial charge on any atom is 0.266 e. The molecule has 0 fully saturated rings. The number of para-hydroxylation sites is 1. The van der Waals surface area contributed by atoms with Crippen molar-refractivity contribution in [1.29, 1.82) is 5.26 Å². The Bertz CT molecular complexity index is 1630. The van der Waals surface area contributed by atoms with E-state index in [1.165, 1.54) is 0 Å². The zero-order chi connectivity index (χ0) is 26.3. The molecule has 1 aromatic heterocycles. The summed E-state index contributed by atoms with van der Waals surface area (Å²) < 4.78 is 8.97. The molecule has 1 amide bonds. The molecule has 0 radical (unpaired) electrons. The number of hydrogen-bond donors (Lipinski definition) is 1. The van der Waals surface area contributed by atoms with Gasteiger partial charge in [-0.15, -0.1) is 0 Å². The van der Waals surface area contributed by atoms with E-state index in [1.54, 1.807) is 30.3 Å². The van der Waals surface area contributed by atoms with Gasteiger partial charge in [0.05, 0.1) is 0 Å². The lowest BCUT2D eigenvalue weighted by atomic mass is 10.1. The highest BCUT2D eigenvalue weighted by atomic mass is 79.9. The number of rotatable bonds is 8. The SMILES string of the molecule is N#C/C(=C\c1cn(Cc2ccc(Br)cc2)c2ccccc12)C(=O)Nc1ccc(OCc2ccccc2)cc1. The van der Waals surface area contributed by atoms with E-state index in [-0.39, 0.29) is 5.57 Å². The van der Waals surface area contributed by atoms with Gasteiger partial charge in [-0.1, -0.05) is 76.6 Å². The average Bonchev–Trinajstić information content (AvgIpc) is 3.30. The smallest absolute Gasteiger partial charge is 0.266 e. The number of amides is 1. The van der Waals surface area contributed by atoms with Crippen LogP contribution in [0, 0.1) is 11.3 Å². The zero-order valence-corrected chi connectivity index (χ0v) is 22.1. The first-order valence-electron chi connectivity index (χ1n) is 12.1. The topological polar surface area (TPSA) is 67.0 Å². The maximum absolute atomic E-state index is 13.0. The highest BCUT2D eigenvalue weighted by Gasteiger charge is 2.13. The number of nitriles is 1. The quantitative estimate of drug-likeness (QED) is 0.157. The van der Waals surface area contributed by atoms with Gasteiger partial charge < -0.3 is 14.6 Å². The predicted octanol–water partition coefficient (Wildman–Crippen LogP) is 7.58. The largest absolute Gasteiger partial charge is 0.489 e. The number of hydrogen-bond acceptors (Lipinski definition) is 3. The molecule has 5 nitrogen and oxygen atoms in total. The summed E-state index contributed by atoms with van der Waals surface area (Å²) in [5.41, 5.74) is 4.69. The molecule has 0 bridgehead atoms. The highest BCUT2D eigenvalue weighted by molar-refractivity contribution is 9.10. The van der Waals surface area contributed by atoms with Crippen molar-refractivity contribution >= 4 is 44.5 Å². The molecule has 0 aliphatic heterocycles. The summed E-state index contributed by atoms with van der Waals surface area (Å²) in [5.74, 6) is 0.233. The molecule has 0 saturated heterocycles. The van der Waals surface area contributed by atoms with Gasteiger partial charge in [0.25, 0.3) is 5.91 Å². The molecular weight excluding hydrogens is 538 g/mol. The van der Waals surface area contributed by atoms with Crippen molar-refractivity contribution in [2.75, 3.05) is 5.32 Å². The Balaban J connectivity index is 1.31. The minimum atomic E-state index is -0.463. The van der Waals surface area contributed by atoms with Crippen LogP contribution in [0.15, 0.2) is 119 Å². The van der Waals surface area contributed by atoms with Crippen LogP contribution in [0.2, 0.25) is 0 Å². The molecule has 38 heavy (non-hydrogen) atoms. The van der Waals surface area contributed by atoms with Crippen LogP contribution >= 0.6 is 15.9 Å². The highest BCUT2D eigenvalue weighted by Crippen LogP contribution is 2.25. The Kier molecular flexibility index (Phi) is 7.67. The molecule has 0 unspecified atom stereocenters. The lowest BCUT2D eigenvalue weighted by Gasteiger charge is -2.08. The Morgan fingerprint density at radius 3 is 2.34 bits per heavy atom. The lowest BCUT2D eigenvalue weighted by Crippen LogP contribution is -2.13. The van der Waals surface area contributed by atoms with E-state index in [4.69, 9.17) is 4.74 Å². The van der Waals surface area contributed by atoms with Crippen LogP contribution in [0.25, 0.3) is 17.0 Å². The van der Waals surface area contributed by atoms with E-state index in [2.05, 4.69) is 44.0 Å². The van der Waals surface area contributed by atoms with Crippen molar-refractivity contribution in [1.82, 2.24) is 4.57 Å². The van der Waals surface area contributed by atoms with Gasteiger partial charge in [0.1, 0.15) is 24.0 Å². The number of carbonyl (C=O) groups excluding carboxylic acids is 1. The minimum Gasteiger partial charge on any atom is -0.489 e. The molecule has 6 heteroatoms. The molecule has 5 rings (SSSR count). The van der Waals surface area contributed by atoms with Crippen molar-refractivity contribution in [2.24, 2.45) is 0 Å². The summed E-state index contributed by atoms with van der Waals surface area (Å²) in [6.45, 7) is 1.14. The predicted molar refractivity (Wildman–Crippen MR) is 155 cm³/mol. The number of benzene rings is 4. The summed E-state index contributed by atoms with van der Waals surface area (Å²) in [6.07, 6.45) is 3.63. The van der Waals surface area contributed by atoms with Crippen molar-refractivity contribution in [3.8, 4) is 11.8 Å². The standard InChI is InChI=1S/C32H24BrN3O2/c33-27-12-10-23(11-13-27)20-36-21-26(30-8-4-5-9-31(30)36)18-25(19-34)32(37)35-28-14-16-29(17-15-28)38-22-24-6-2-1-3-7-24/h1-18,21H,20,22H2,(H,35,37)/b25-18+. The second-order valence-corrected chi connectivity index (χ2v) is 9.69. The Morgan fingerprint density at radius 1 is 0.895 bits per heavy atom. The summed E-state index contributed by atoms with van der Waals surface area (Å²) in [4.78, 5) is 13.0. The summed E-state index contributed by atoms with van der Waals surface area (Å²) >= 11 is 3.48. The van der Waals surface area contributed by atoms with Crippen molar-refractivity contribution in [2.45, 2.75) is 13.2 Å². The molecule has 0 saturated carbocycles. The molecule has 0 aliphatic carbocycles. The van der Waals surface area contributed by atoms with Crippen LogP contribution in [0.4, 0.5) is 5.69 Å². The van der Waals surface area contributed by atoms with Crippen LogP contribution in [0.5, 0.6) is 5.75 Å². The van der Waals surface area contributed by atoms with E-state index in [0.29, 0.717) is 24.6 Å². The average molecular weight is 562 g/mol. The van der Waals surface area contributed by atoms with Gasteiger partial charge in [0.2, 0.25) is 0 Å². The fraction of sp³-hybridized carbons (Fsp3) is 0.0625. The molecular formula is C32H24BrN3O2. The van der Waals surface area contributed by atoms with Gasteiger partial charge >= 0.3 is 0 Å². The van der Waals surface area contributed by atoms with E-state index < -0.39 is 5.91 Å². The summed E-state index contributed by atoms with van der Waals surface area (Å²) in [7, 11) is 0. The van der Waals surface area contributed by atoms with Crippen LogP contribution in [0.1, 0.15) is 16.7 Å². The van der Waals surface area contributed by atoms with Gasteiger partial charge in [-0.2, -0.15) is 5.26 Å². The Morgan fingerprint density at radius 2 is 1.61 bits per heavy atom. The van der Waals surface area contributed by atoms with Gasteiger partial charge in [-0.25, -0.2) is 0 Å². The molecule has 1 heterocycles. The lowest BCUT2D eigenvalue weighted by molar-refractivity contribution is -0.112. The molecule has 186 valence electrons. The van der Waals surface area contributed by atoms with Gasteiger partial charge in [-0.3, -0.25) is 4.79 Å². The van der Waals surface area contributed by atoms with Crippen LogP contribution < -0.4 is 10.1 Å². The normalized spacial score (nSPS) is 11.2. The third kappa shape index (κ3) is 6.03. The van der Waals surface area contributed by atoms with Crippen molar-refractivity contribution < 1.29 is 9.53 Å². The fourth-order valence-electron chi connectivity index (χ4n) is 4.19. The van der Waals surface area contributed by atoms with Gasteiger partial charge in [-0.05, 0) is 59.7 Å². The molecule has 1 N–H and O–H groups in total. The molecule has 0 spiro atoms. The monoisotopic (exact) mass is 561 g/mol. The summed E-state index contributed by atoms with van der Waals surface area (Å²) in [6, 6.07) is 35.2. The van der Waals surface area contributed by atoms with E-state index >= 15 is 0 Å². The molecule has 0 aliphatic rings. The van der Waals surface area contributed by atoms with Gasteiger partial charge in [0, 0.05) is 39.4 Å². The summed E-state index contributed by atoms with van der Waals surface area (Å²) in [5, 5.41) is 13.6. The van der Waals surface area contributed by atoms with E-state index in [9.17, 15) is 10.1 Å². The second-order valence-electron chi connectivity index (χ2n) is 8.78. The van der Waals surface area contributed by atoms with Gasteiger partial charge in [0.15, 0.2) is 0 Å². The second kappa shape index (κ2) is 11.6. The minimum absolute atomic E-state index is 0.0287. The number of carbonyl (C=O) groups is 1. The number of anilines is 1. The van der Waals surface area contributed by atoms with Crippen molar-refractivity contribution in [3.05, 3.63) is 136 Å². The van der Waals surface area contributed by atoms with E-state index in [0.717, 1.165) is 32.1 Å². The number of nitrogens with zero attached hydrogens (tertiary/aromatic N) is 2. The first-order chi connectivity index (χ1) is 18.6. The third-order valence-electron chi connectivity index (χ3n) is 6.11. The number of halogens is 1. The number of fused-ring (bicyclic) bond motifs is 1. The fourth-order valence-corrected chi connectivity index (χ4v) is 4.45. The van der Waals surface area contributed by atoms with Crippen LogP contribution in [-0.2, 0) is 17.9 Å². The van der Waals surface area contributed by atoms with Crippen LogP contribution in [0.3, 0.4) is 0 Å². The number of ether oxygens (including phenoxy) is 1. The molecule has 4 aromatic carbocycles. The number of nitrogens with one attached hydrogen (secondary N) is 1. The Hall–Kier alpha value is -4.60. The van der Waals surface area contributed by atoms with Crippen molar-refractivity contribution in [3.63, 3.8) is 0 Å². The first kappa shape index (κ1) is 25.1. The number of aromatic nitrogens is 1.